The van der Waals surface area contributed by atoms with E-state index in [1.54, 1.807) is 36.2 Å². The highest BCUT2D eigenvalue weighted by atomic mass is 35.5. The molecule has 0 aromatic heterocycles. The van der Waals surface area contributed by atoms with Crippen LogP contribution < -0.4 is 4.74 Å². The summed E-state index contributed by atoms with van der Waals surface area (Å²) in [5.74, 6) is 0.634. The molecule has 0 fully saturated rings. The molecule has 0 aliphatic carbocycles. The van der Waals surface area contributed by atoms with E-state index in [2.05, 4.69) is 0 Å². The van der Waals surface area contributed by atoms with Gasteiger partial charge in [0, 0.05) is 34.8 Å². The Balaban J connectivity index is 1.59. The van der Waals surface area contributed by atoms with E-state index in [1.807, 2.05) is 48.5 Å². The summed E-state index contributed by atoms with van der Waals surface area (Å²) in [6.45, 7) is 0.893. The van der Waals surface area contributed by atoms with Crippen molar-refractivity contribution in [3.8, 4) is 5.75 Å². The molecule has 3 nitrogen and oxygen atoms in total. The fourth-order valence-corrected chi connectivity index (χ4v) is 2.94. The van der Waals surface area contributed by atoms with Crippen molar-refractivity contribution in [3.05, 3.63) is 99.5 Å². The van der Waals surface area contributed by atoms with Gasteiger partial charge in [-0.1, -0.05) is 53.5 Å². The average molecular weight is 400 g/mol. The van der Waals surface area contributed by atoms with Gasteiger partial charge in [-0.15, -0.1) is 0 Å². The zero-order chi connectivity index (χ0) is 19.2. The molecule has 0 saturated carbocycles. The summed E-state index contributed by atoms with van der Waals surface area (Å²) >= 11 is 12.0. The van der Waals surface area contributed by atoms with Crippen LogP contribution in [0.3, 0.4) is 0 Å². The first-order valence-corrected chi connectivity index (χ1v) is 9.25. The van der Waals surface area contributed by atoms with E-state index >= 15 is 0 Å². The summed E-state index contributed by atoms with van der Waals surface area (Å²) in [5.41, 5.74) is 2.55. The Hall–Kier alpha value is -2.49. The quantitative estimate of drug-likeness (QED) is 0.520. The van der Waals surface area contributed by atoms with Crippen LogP contribution in [-0.2, 0) is 13.2 Å². The number of hydrogen-bond acceptors (Lipinski definition) is 2. The van der Waals surface area contributed by atoms with Gasteiger partial charge in [-0.2, -0.15) is 0 Å². The Morgan fingerprint density at radius 1 is 0.926 bits per heavy atom. The van der Waals surface area contributed by atoms with E-state index < -0.39 is 0 Å². The molecule has 0 saturated heterocycles. The first-order chi connectivity index (χ1) is 13.0. The predicted molar refractivity (Wildman–Crippen MR) is 109 cm³/mol. The highest BCUT2D eigenvalue weighted by molar-refractivity contribution is 6.31. The van der Waals surface area contributed by atoms with Crippen LogP contribution in [0.15, 0.2) is 72.8 Å². The van der Waals surface area contributed by atoms with Crippen molar-refractivity contribution in [2.75, 3.05) is 7.05 Å². The molecule has 0 radical (unpaired) electrons. The van der Waals surface area contributed by atoms with Gasteiger partial charge in [0.05, 0.1) is 0 Å². The maximum atomic E-state index is 12.6. The molecule has 0 atom stereocenters. The van der Waals surface area contributed by atoms with E-state index in [0.29, 0.717) is 34.5 Å². The summed E-state index contributed by atoms with van der Waals surface area (Å²) in [4.78, 5) is 14.3. The predicted octanol–water partition coefficient (Wildman–Crippen LogP) is 5.84. The number of carbonyl (C=O) groups excluding carboxylic acids is 1. The first-order valence-electron chi connectivity index (χ1n) is 8.49. The van der Waals surface area contributed by atoms with Crippen LogP contribution in [0.25, 0.3) is 0 Å². The molecule has 0 bridgehead atoms. The van der Waals surface area contributed by atoms with Gasteiger partial charge >= 0.3 is 0 Å². The van der Waals surface area contributed by atoms with Gasteiger partial charge in [0.15, 0.2) is 0 Å². The number of carbonyl (C=O) groups is 1. The largest absolute Gasteiger partial charge is 0.489 e. The zero-order valence-electron chi connectivity index (χ0n) is 14.9. The smallest absolute Gasteiger partial charge is 0.253 e. The van der Waals surface area contributed by atoms with Crippen molar-refractivity contribution in [2.24, 2.45) is 0 Å². The Morgan fingerprint density at radius 3 is 2.26 bits per heavy atom. The average Bonchev–Trinajstić information content (AvgIpc) is 2.69. The highest BCUT2D eigenvalue weighted by Gasteiger charge is 2.12. The molecule has 0 aliphatic heterocycles. The van der Waals surface area contributed by atoms with Crippen LogP contribution in [-0.4, -0.2) is 17.9 Å². The molecule has 0 spiro atoms. The van der Waals surface area contributed by atoms with Crippen LogP contribution >= 0.6 is 23.2 Å². The van der Waals surface area contributed by atoms with E-state index in [4.69, 9.17) is 27.9 Å². The fourth-order valence-electron chi connectivity index (χ4n) is 2.63. The SMILES string of the molecule is CN(Cc1ccc(Cl)cc1)C(=O)c1ccc(OCc2ccccc2Cl)cc1. The summed E-state index contributed by atoms with van der Waals surface area (Å²) in [6, 6.07) is 22.1. The maximum Gasteiger partial charge on any atom is 0.253 e. The lowest BCUT2D eigenvalue weighted by Crippen LogP contribution is -2.26. The zero-order valence-corrected chi connectivity index (χ0v) is 16.4. The van der Waals surface area contributed by atoms with E-state index in [9.17, 15) is 4.79 Å². The van der Waals surface area contributed by atoms with Crippen molar-refractivity contribution in [1.29, 1.82) is 0 Å². The normalized spacial score (nSPS) is 10.5. The summed E-state index contributed by atoms with van der Waals surface area (Å²) in [5, 5.41) is 1.35. The minimum Gasteiger partial charge on any atom is -0.489 e. The summed E-state index contributed by atoms with van der Waals surface area (Å²) < 4.78 is 5.75. The van der Waals surface area contributed by atoms with Gasteiger partial charge < -0.3 is 9.64 Å². The number of halogens is 2. The highest BCUT2D eigenvalue weighted by Crippen LogP contribution is 2.20. The molecule has 0 N–H and O–H groups in total. The minimum atomic E-state index is -0.0531. The van der Waals surface area contributed by atoms with Gasteiger partial charge in [-0.05, 0) is 48.0 Å². The first kappa shape index (κ1) is 19.3. The van der Waals surface area contributed by atoms with Gasteiger partial charge in [0.2, 0.25) is 0 Å². The van der Waals surface area contributed by atoms with Gasteiger partial charge in [0.1, 0.15) is 12.4 Å². The van der Waals surface area contributed by atoms with Crippen molar-refractivity contribution in [2.45, 2.75) is 13.2 Å². The molecule has 3 aromatic carbocycles. The lowest BCUT2D eigenvalue weighted by Gasteiger charge is -2.17. The van der Waals surface area contributed by atoms with E-state index in [-0.39, 0.29) is 5.91 Å². The summed E-state index contributed by atoms with van der Waals surface area (Å²) in [7, 11) is 1.78. The Kier molecular flexibility index (Phi) is 6.38. The molecular weight excluding hydrogens is 381 g/mol. The maximum absolute atomic E-state index is 12.6. The van der Waals surface area contributed by atoms with Crippen molar-refractivity contribution >= 4 is 29.1 Å². The summed E-state index contributed by atoms with van der Waals surface area (Å²) in [6.07, 6.45) is 0. The Morgan fingerprint density at radius 2 is 1.59 bits per heavy atom. The number of nitrogens with zero attached hydrogens (tertiary/aromatic N) is 1. The number of benzene rings is 3. The Labute approximate surface area is 169 Å². The lowest BCUT2D eigenvalue weighted by molar-refractivity contribution is 0.0785. The molecule has 1 amide bonds. The molecule has 0 aliphatic rings. The van der Waals surface area contributed by atoms with E-state index in [0.717, 1.165) is 11.1 Å². The monoisotopic (exact) mass is 399 g/mol. The third-order valence-electron chi connectivity index (χ3n) is 4.13. The fraction of sp³-hybridized carbons (Fsp3) is 0.136. The van der Waals surface area contributed by atoms with Gasteiger partial charge in [-0.25, -0.2) is 0 Å². The second kappa shape index (κ2) is 8.94. The standard InChI is InChI=1S/C22H19Cl2NO2/c1-25(14-16-6-10-19(23)11-7-16)22(26)17-8-12-20(13-9-17)27-15-18-4-2-3-5-21(18)24/h2-13H,14-15H2,1H3. The third kappa shape index (κ3) is 5.25. The number of ether oxygens (including phenoxy) is 1. The number of rotatable bonds is 6. The molecule has 0 unspecified atom stereocenters. The van der Waals surface area contributed by atoms with Crippen molar-refractivity contribution in [1.82, 2.24) is 4.90 Å². The second-order valence-corrected chi connectivity index (χ2v) is 7.04. The number of hydrogen-bond donors (Lipinski definition) is 0. The van der Waals surface area contributed by atoms with Gasteiger partial charge in [0.25, 0.3) is 5.91 Å². The van der Waals surface area contributed by atoms with E-state index in [1.165, 1.54) is 0 Å². The molecule has 27 heavy (non-hydrogen) atoms. The van der Waals surface area contributed by atoms with Crippen molar-refractivity contribution in [3.63, 3.8) is 0 Å². The molecular formula is C22H19Cl2NO2. The topological polar surface area (TPSA) is 29.5 Å². The lowest BCUT2D eigenvalue weighted by atomic mass is 10.1. The van der Waals surface area contributed by atoms with Crippen LogP contribution in [0.4, 0.5) is 0 Å². The van der Waals surface area contributed by atoms with Gasteiger partial charge in [-0.3, -0.25) is 4.79 Å². The Bertz CT molecular complexity index is 908. The molecule has 5 heteroatoms. The molecule has 3 aromatic rings. The molecule has 3 rings (SSSR count). The molecule has 0 heterocycles. The molecule has 138 valence electrons. The van der Waals surface area contributed by atoms with Crippen LogP contribution in [0.5, 0.6) is 5.75 Å². The van der Waals surface area contributed by atoms with Crippen LogP contribution in [0.1, 0.15) is 21.5 Å². The van der Waals surface area contributed by atoms with Crippen molar-refractivity contribution < 1.29 is 9.53 Å². The third-order valence-corrected chi connectivity index (χ3v) is 4.75. The minimum absolute atomic E-state index is 0.0531. The van der Waals surface area contributed by atoms with Crippen LogP contribution in [0.2, 0.25) is 10.0 Å². The second-order valence-electron chi connectivity index (χ2n) is 6.19. The number of amides is 1. The van der Waals surface area contributed by atoms with Crippen LogP contribution in [0, 0.1) is 0 Å².